The Morgan fingerprint density at radius 3 is 2.46 bits per heavy atom. The summed E-state index contributed by atoms with van der Waals surface area (Å²) in [7, 11) is 1.35. The fourth-order valence-electron chi connectivity index (χ4n) is 2.88. The van der Waals surface area contributed by atoms with Crippen LogP contribution in [0.15, 0.2) is 35.9 Å². The number of benzene rings is 2. The summed E-state index contributed by atoms with van der Waals surface area (Å²) >= 11 is 0. The minimum absolute atomic E-state index is 0.0105. The van der Waals surface area contributed by atoms with Crippen LogP contribution in [-0.2, 0) is 0 Å². The van der Waals surface area contributed by atoms with Crippen LogP contribution >= 0.6 is 0 Å². The Hall–Kier alpha value is -3.28. The molecule has 2 N–H and O–H groups in total. The van der Waals surface area contributed by atoms with E-state index in [0.29, 0.717) is 5.56 Å². The van der Waals surface area contributed by atoms with Crippen molar-refractivity contribution in [2.24, 2.45) is 0 Å². The summed E-state index contributed by atoms with van der Waals surface area (Å²) in [6.07, 6.45) is 0. The highest BCUT2D eigenvalue weighted by atomic mass is 16.5. The summed E-state index contributed by atoms with van der Waals surface area (Å²) in [5.74, 6) is -1.54. The summed E-state index contributed by atoms with van der Waals surface area (Å²) in [6, 6.07) is 8.39. The highest BCUT2D eigenvalue weighted by Crippen LogP contribution is 2.42. The van der Waals surface area contributed by atoms with E-state index in [1.165, 1.54) is 20.1 Å². The summed E-state index contributed by atoms with van der Waals surface area (Å²) in [4.78, 5) is 24.7. The highest BCUT2D eigenvalue weighted by molar-refractivity contribution is 6.18. The number of fused-ring (bicyclic) bond motifs is 1. The van der Waals surface area contributed by atoms with Gasteiger partial charge in [-0.25, -0.2) is 0 Å². The molecule has 1 aliphatic rings. The van der Waals surface area contributed by atoms with Crippen LogP contribution in [0.5, 0.6) is 17.2 Å². The number of phenolic OH excluding ortho intramolecular Hbond substituents is 1. The van der Waals surface area contributed by atoms with Crippen molar-refractivity contribution in [2.45, 2.75) is 13.8 Å². The molecule has 6 nitrogen and oxygen atoms in total. The van der Waals surface area contributed by atoms with E-state index in [1.54, 1.807) is 12.1 Å². The Morgan fingerprint density at radius 2 is 1.88 bits per heavy atom. The molecule has 26 heavy (non-hydrogen) atoms. The number of hydrogen-bond donors (Lipinski definition) is 2. The van der Waals surface area contributed by atoms with E-state index >= 15 is 0 Å². The molecule has 0 aromatic heterocycles. The van der Waals surface area contributed by atoms with Crippen molar-refractivity contribution in [1.82, 2.24) is 0 Å². The van der Waals surface area contributed by atoms with Gasteiger partial charge in [-0.2, -0.15) is 0 Å². The first-order chi connectivity index (χ1) is 12.3. The number of aliphatic hydroxyl groups is 1. The number of Topliss-reactive ketones (excluding diaryl/α,β-unsaturated/α-hetero) is 2. The molecule has 1 aliphatic heterocycles. The number of aliphatic hydroxyl groups excluding tert-OH is 1. The van der Waals surface area contributed by atoms with E-state index in [0.717, 1.165) is 5.56 Å². The van der Waals surface area contributed by atoms with Crippen LogP contribution in [0.3, 0.4) is 0 Å². The highest BCUT2D eigenvalue weighted by Gasteiger charge is 2.33. The van der Waals surface area contributed by atoms with Gasteiger partial charge in [-0.3, -0.25) is 9.59 Å². The molecule has 0 aliphatic carbocycles. The fourth-order valence-corrected chi connectivity index (χ4v) is 2.88. The number of ether oxygens (including phenoxy) is 2. The summed E-state index contributed by atoms with van der Waals surface area (Å²) < 4.78 is 10.7. The standard InChI is InChI=1S/C20H18O6/c1-10-4-6-12(7-5-10)18(22)13-9-26-15-8-14(25-3)16(11(2)21)20(24)17(15)19(13)23/h4-8,22,24H,9H2,1-3H3/b18-13-. The predicted molar refractivity (Wildman–Crippen MR) is 95.2 cm³/mol. The minimum Gasteiger partial charge on any atom is -0.507 e. The van der Waals surface area contributed by atoms with Crippen molar-refractivity contribution >= 4 is 17.3 Å². The van der Waals surface area contributed by atoms with E-state index in [1.807, 2.05) is 19.1 Å². The molecule has 3 rings (SSSR count). The lowest BCUT2D eigenvalue weighted by molar-refractivity contribution is 0.0993. The van der Waals surface area contributed by atoms with Gasteiger partial charge in [0, 0.05) is 11.6 Å². The van der Waals surface area contributed by atoms with Gasteiger partial charge in [0.15, 0.2) is 5.78 Å². The maximum Gasteiger partial charge on any atom is 0.203 e. The number of ketones is 2. The van der Waals surface area contributed by atoms with E-state index in [-0.39, 0.29) is 40.6 Å². The second-order valence-electron chi connectivity index (χ2n) is 6.04. The van der Waals surface area contributed by atoms with Gasteiger partial charge in [0.2, 0.25) is 5.78 Å². The topological polar surface area (TPSA) is 93.1 Å². The number of methoxy groups -OCH3 is 1. The van der Waals surface area contributed by atoms with Gasteiger partial charge in [0.25, 0.3) is 0 Å². The van der Waals surface area contributed by atoms with Crippen LogP contribution in [-0.4, -0.2) is 35.5 Å². The molecule has 0 unspecified atom stereocenters. The largest absolute Gasteiger partial charge is 0.507 e. The molecule has 0 amide bonds. The monoisotopic (exact) mass is 354 g/mol. The maximum atomic E-state index is 12.9. The Balaban J connectivity index is 2.16. The van der Waals surface area contributed by atoms with E-state index < -0.39 is 17.3 Å². The molecule has 0 radical (unpaired) electrons. The van der Waals surface area contributed by atoms with Crippen LogP contribution in [0.4, 0.5) is 0 Å². The number of aryl methyl sites for hydroxylation is 1. The molecular weight excluding hydrogens is 336 g/mol. The van der Waals surface area contributed by atoms with Gasteiger partial charge in [0.1, 0.15) is 40.7 Å². The van der Waals surface area contributed by atoms with Gasteiger partial charge < -0.3 is 19.7 Å². The zero-order valence-electron chi connectivity index (χ0n) is 14.6. The van der Waals surface area contributed by atoms with Crippen molar-refractivity contribution in [3.8, 4) is 17.2 Å². The molecule has 134 valence electrons. The van der Waals surface area contributed by atoms with Crippen LogP contribution in [0.2, 0.25) is 0 Å². The lowest BCUT2D eigenvalue weighted by Gasteiger charge is -2.23. The second kappa shape index (κ2) is 6.55. The third kappa shape index (κ3) is 2.79. The van der Waals surface area contributed by atoms with Crippen LogP contribution in [0.25, 0.3) is 5.76 Å². The van der Waals surface area contributed by atoms with E-state index in [9.17, 15) is 19.8 Å². The van der Waals surface area contributed by atoms with Crippen LogP contribution in [0, 0.1) is 6.92 Å². The molecule has 2 aromatic rings. The lowest BCUT2D eigenvalue weighted by atomic mass is 9.93. The molecular formula is C20H18O6. The number of rotatable bonds is 3. The van der Waals surface area contributed by atoms with Gasteiger partial charge >= 0.3 is 0 Å². The first-order valence-corrected chi connectivity index (χ1v) is 7.96. The average molecular weight is 354 g/mol. The van der Waals surface area contributed by atoms with Gasteiger partial charge in [-0.05, 0) is 13.8 Å². The van der Waals surface area contributed by atoms with Crippen molar-refractivity contribution in [3.05, 3.63) is 58.2 Å². The van der Waals surface area contributed by atoms with Gasteiger partial charge in [-0.15, -0.1) is 0 Å². The first kappa shape index (κ1) is 17.5. The summed E-state index contributed by atoms with van der Waals surface area (Å²) in [5.41, 5.74) is 1.23. The van der Waals surface area contributed by atoms with Crippen molar-refractivity contribution < 1.29 is 29.3 Å². The molecule has 0 atom stereocenters. The number of carbonyl (C=O) groups is 2. The maximum absolute atomic E-state index is 12.9. The predicted octanol–water partition coefficient (Wildman–Crippen LogP) is 3.46. The first-order valence-electron chi connectivity index (χ1n) is 7.96. The summed E-state index contributed by atoms with van der Waals surface area (Å²) in [5, 5.41) is 21.0. The third-order valence-electron chi connectivity index (χ3n) is 4.28. The zero-order valence-corrected chi connectivity index (χ0v) is 14.6. The molecule has 2 aromatic carbocycles. The van der Waals surface area contributed by atoms with Crippen molar-refractivity contribution in [3.63, 3.8) is 0 Å². The minimum atomic E-state index is -0.591. The molecule has 0 saturated carbocycles. The Kier molecular flexibility index (Phi) is 4.42. The lowest BCUT2D eigenvalue weighted by Crippen LogP contribution is -2.22. The van der Waals surface area contributed by atoms with Crippen molar-refractivity contribution in [1.29, 1.82) is 0 Å². The smallest absolute Gasteiger partial charge is 0.203 e. The molecule has 0 bridgehead atoms. The van der Waals surface area contributed by atoms with Gasteiger partial charge in [0.05, 0.1) is 12.7 Å². The molecule has 0 fully saturated rings. The zero-order chi connectivity index (χ0) is 19.0. The number of hydrogen-bond acceptors (Lipinski definition) is 6. The summed E-state index contributed by atoms with van der Waals surface area (Å²) in [6.45, 7) is 3.01. The molecule has 6 heteroatoms. The Labute approximate surface area is 150 Å². The number of phenols is 1. The Morgan fingerprint density at radius 1 is 1.23 bits per heavy atom. The van der Waals surface area contributed by atoms with Crippen LogP contribution < -0.4 is 9.47 Å². The quantitative estimate of drug-likeness (QED) is 0.498. The normalized spacial score (nSPS) is 15.1. The fraction of sp³-hybridized carbons (Fsp3) is 0.200. The van der Waals surface area contributed by atoms with E-state index in [4.69, 9.17) is 9.47 Å². The molecule has 0 saturated heterocycles. The number of carbonyl (C=O) groups excluding carboxylic acids is 2. The van der Waals surface area contributed by atoms with E-state index in [2.05, 4.69) is 0 Å². The second-order valence-corrected chi connectivity index (χ2v) is 6.04. The SMILES string of the molecule is COc1cc2c(c(O)c1C(C)=O)C(=O)/C(=C(\O)c1ccc(C)cc1)CO2. The van der Waals surface area contributed by atoms with Crippen molar-refractivity contribution in [2.75, 3.05) is 13.7 Å². The van der Waals surface area contributed by atoms with Gasteiger partial charge in [-0.1, -0.05) is 29.8 Å². The molecule has 0 spiro atoms. The third-order valence-corrected chi connectivity index (χ3v) is 4.28. The molecule has 1 heterocycles. The van der Waals surface area contributed by atoms with Crippen LogP contribution in [0.1, 0.15) is 38.8 Å². The average Bonchev–Trinajstić information content (AvgIpc) is 2.61. The number of aromatic hydroxyl groups is 1. The Bertz CT molecular complexity index is 938.